The summed E-state index contributed by atoms with van der Waals surface area (Å²) >= 11 is 0. The smallest absolute Gasteiger partial charge is 0.407 e. The highest BCUT2D eigenvalue weighted by Gasteiger charge is 2.24. The topological polar surface area (TPSA) is 83.1 Å². The van der Waals surface area contributed by atoms with Crippen LogP contribution in [0.1, 0.15) is 19.4 Å². The van der Waals surface area contributed by atoms with Crippen LogP contribution in [0.2, 0.25) is 0 Å². The van der Waals surface area contributed by atoms with Gasteiger partial charge >= 0.3 is 11.8 Å². The van der Waals surface area contributed by atoms with Gasteiger partial charge in [0.05, 0.1) is 24.1 Å². The molecule has 1 atom stereocenters. The van der Waals surface area contributed by atoms with E-state index in [-0.39, 0.29) is 11.8 Å². The number of aryl methyl sites for hydroxylation is 3. The summed E-state index contributed by atoms with van der Waals surface area (Å²) < 4.78 is 10.8. The van der Waals surface area contributed by atoms with Gasteiger partial charge in [-0.2, -0.15) is 5.10 Å². The Morgan fingerprint density at radius 3 is 2.52 bits per heavy atom. The standard InChI is InChI=1S/C25H27N5O3/c1-4-29-21-10-9-17(12-22(21)30(5-2)25(29)32)20-15-28(14-19-13-26-24(31)33-19)27-23(20)18-8-6-7-16(3)11-18/h6-12,15,19H,4-5,13-14H2,1-3H3,(H,26,31). The predicted octanol–water partition coefficient (Wildman–Crippen LogP) is 3.79. The fourth-order valence-electron chi connectivity index (χ4n) is 4.57. The lowest BCUT2D eigenvalue weighted by atomic mass is 10.0. The van der Waals surface area contributed by atoms with Crippen molar-refractivity contribution in [1.82, 2.24) is 24.2 Å². The Bertz CT molecular complexity index is 1410. The Labute approximate surface area is 191 Å². The molecule has 0 saturated carbocycles. The average molecular weight is 446 g/mol. The van der Waals surface area contributed by atoms with Crippen LogP contribution in [0.15, 0.2) is 53.5 Å². The number of rotatable bonds is 6. The van der Waals surface area contributed by atoms with E-state index in [4.69, 9.17) is 9.84 Å². The summed E-state index contributed by atoms with van der Waals surface area (Å²) in [5.74, 6) is 0. The second-order valence-corrected chi connectivity index (χ2v) is 8.37. The number of amides is 1. The van der Waals surface area contributed by atoms with Crippen molar-refractivity contribution in [3.63, 3.8) is 0 Å². The van der Waals surface area contributed by atoms with Crippen LogP contribution < -0.4 is 11.0 Å². The van der Waals surface area contributed by atoms with Crippen LogP contribution in [0.3, 0.4) is 0 Å². The highest BCUT2D eigenvalue weighted by atomic mass is 16.6. The number of ether oxygens (including phenoxy) is 1. The van der Waals surface area contributed by atoms with Crippen LogP contribution in [0, 0.1) is 6.92 Å². The molecule has 1 saturated heterocycles. The van der Waals surface area contributed by atoms with E-state index in [0.717, 1.165) is 39.0 Å². The van der Waals surface area contributed by atoms with E-state index < -0.39 is 6.09 Å². The molecule has 1 unspecified atom stereocenters. The zero-order chi connectivity index (χ0) is 23.1. The van der Waals surface area contributed by atoms with Crippen molar-refractivity contribution < 1.29 is 9.53 Å². The van der Waals surface area contributed by atoms with Gasteiger partial charge in [0.2, 0.25) is 0 Å². The van der Waals surface area contributed by atoms with E-state index >= 15 is 0 Å². The van der Waals surface area contributed by atoms with E-state index in [0.29, 0.717) is 26.2 Å². The first-order valence-electron chi connectivity index (χ1n) is 11.3. The van der Waals surface area contributed by atoms with Crippen LogP contribution >= 0.6 is 0 Å². The summed E-state index contributed by atoms with van der Waals surface area (Å²) in [4.78, 5) is 24.3. The first-order chi connectivity index (χ1) is 16.0. The summed E-state index contributed by atoms with van der Waals surface area (Å²) in [5, 5.41) is 7.56. The maximum absolute atomic E-state index is 12.8. The van der Waals surface area contributed by atoms with E-state index in [1.807, 2.05) is 53.6 Å². The summed E-state index contributed by atoms with van der Waals surface area (Å²) in [6, 6.07) is 14.4. The van der Waals surface area contributed by atoms with E-state index in [9.17, 15) is 9.59 Å². The molecular formula is C25H27N5O3. The molecule has 1 fully saturated rings. The SMILES string of the molecule is CCn1c(=O)n(CC)c2cc(-c3cn(CC4CNC(=O)O4)nc3-c3cccc(C)c3)ccc21. The molecule has 2 aromatic heterocycles. The molecule has 1 amide bonds. The maximum Gasteiger partial charge on any atom is 0.407 e. The molecule has 8 heteroatoms. The number of cyclic esters (lactones) is 1. The van der Waals surface area contributed by atoms with Gasteiger partial charge in [-0.05, 0) is 44.5 Å². The maximum atomic E-state index is 12.8. The molecule has 2 aromatic carbocycles. The molecule has 4 aromatic rings. The molecule has 1 aliphatic rings. The van der Waals surface area contributed by atoms with Crippen LogP contribution in [0.5, 0.6) is 0 Å². The number of alkyl carbamates (subject to hydrolysis) is 1. The van der Waals surface area contributed by atoms with Gasteiger partial charge in [0.1, 0.15) is 11.8 Å². The third-order valence-electron chi connectivity index (χ3n) is 6.15. The third kappa shape index (κ3) is 3.71. The van der Waals surface area contributed by atoms with Gasteiger partial charge < -0.3 is 10.1 Å². The van der Waals surface area contributed by atoms with Crippen molar-refractivity contribution >= 4 is 17.1 Å². The quantitative estimate of drug-likeness (QED) is 0.490. The largest absolute Gasteiger partial charge is 0.442 e. The van der Waals surface area contributed by atoms with Crippen LogP contribution in [0.4, 0.5) is 4.79 Å². The Balaban J connectivity index is 1.65. The molecule has 8 nitrogen and oxygen atoms in total. The Morgan fingerprint density at radius 1 is 1.03 bits per heavy atom. The summed E-state index contributed by atoms with van der Waals surface area (Å²) in [5.41, 5.74) is 6.84. The number of nitrogens with one attached hydrogen (secondary N) is 1. The number of imidazole rings is 1. The Morgan fingerprint density at radius 2 is 1.82 bits per heavy atom. The average Bonchev–Trinajstić information content (AvgIpc) is 3.48. The molecule has 0 aliphatic carbocycles. The summed E-state index contributed by atoms with van der Waals surface area (Å²) in [6.45, 7) is 8.19. The molecular weight excluding hydrogens is 418 g/mol. The van der Waals surface area contributed by atoms with Crippen molar-refractivity contribution in [3.05, 3.63) is 64.7 Å². The fraction of sp³-hybridized carbons (Fsp3) is 0.320. The van der Waals surface area contributed by atoms with Crippen molar-refractivity contribution in [1.29, 1.82) is 0 Å². The van der Waals surface area contributed by atoms with E-state index in [1.54, 1.807) is 4.57 Å². The fourth-order valence-corrected chi connectivity index (χ4v) is 4.57. The summed E-state index contributed by atoms with van der Waals surface area (Å²) in [6.07, 6.45) is 1.34. The number of hydrogen-bond acceptors (Lipinski definition) is 4. The van der Waals surface area contributed by atoms with Crippen LogP contribution in [-0.2, 0) is 24.4 Å². The first-order valence-corrected chi connectivity index (χ1v) is 11.3. The number of hydrogen-bond donors (Lipinski definition) is 1. The van der Waals surface area contributed by atoms with Gasteiger partial charge in [0.25, 0.3) is 0 Å². The predicted molar refractivity (Wildman–Crippen MR) is 127 cm³/mol. The highest BCUT2D eigenvalue weighted by molar-refractivity contribution is 5.87. The zero-order valence-electron chi connectivity index (χ0n) is 19.0. The van der Waals surface area contributed by atoms with Gasteiger partial charge in [-0.3, -0.25) is 13.8 Å². The minimum absolute atomic E-state index is 0.0114. The number of benzene rings is 2. The van der Waals surface area contributed by atoms with Crippen molar-refractivity contribution in [2.45, 2.75) is 46.5 Å². The first kappa shape index (κ1) is 21.1. The monoisotopic (exact) mass is 445 g/mol. The number of fused-ring (bicyclic) bond motifs is 1. The van der Waals surface area contributed by atoms with Gasteiger partial charge in [-0.25, -0.2) is 9.59 Å². The minimum Gasteiger partial charge on any atom is -0.442 e. The van der Waals surface area contributed by atoms with Gasteiger partial charge in [0, 0.05) is 30.4 Å². The van der Waals surface area contributed by atoms with Crippen molar-refractivity contribution in [2.24, 2.45) is 0 Å². The summed E-state index contributed by atoms with van der Waals surface area (Å²) in [7, 11) is 0. The molecule has 1 aliphatic heterocycles. The molecule has 1 N–H and O–H groups in total. The minimum atomic E-state index is -0.394. The zero-order valence-corrected chi connectivity index (χ0v) is 19.0. The second-order valence-electron chi connectivity index (χ2n) is 8.37. The third-order valence-corrected chi connectivity index (χ3v) is 6.15. The number of aromatic nitrogens is 4. The van der Waals surface area contributed by atoms with Gasteiger partial charge in [-0.15, -0.1) is 0 Å². The van der Waals surface area contributed by atoms with Crippen molar-refractivity contribution in [2.75, 3.05) is 6.54 Å². The molecule has 33 heavy (non-hydrogen) atoms. The number of nitrogens with zero attached hydrogens (tertiary/aromatic N) is 4. The van der Waals surface area contributed by atoms with E-state index in [2.05, 4.69) is 30.4 Å². The number of carbonyl (C=O) groups is 1. The Hall–Kier alpha value is -3.81. The molecule has 0 radical (unpaired) electrons. The Kier molecular flexibility index (Phi) is 5.28. The van der Waals surface area contributed by atoms with E-state index in [1.165, 1.54) is 0 Å². The lowest BCUT2D eigenvalue weighted by Gasteiger charge is -2.07. The lowest BCUT2D eigenvalue weighted by molar-refractivity contribution is 0.129. The molecule has 0 spiro atoms. The lowest BCUT2D eigenvalue weighted by Crippen LogP contribution is -2.22. The normalized spacial score (nSPS) is 15.7. The molecule has 0 bridgehead atoms. The van der Waals surface area contributed by atoms with Crippen molar-refractivity contribution in [3.8, 4) is 22.4 Å². The van der Waals surface area contributed by atoms with Crippen LogP contribution in [0.25, 0.3) is 33.4 Å². The molecule has 3 heterocycles. The van der Waals surface area contributed by atoms with Gasteiger partial charge in [0.15, 0.2) is 0 Å². The molecule has 5 rings (SSSR count). The van der Waals surface area contributed by atoms with Crippen LogP contribution in [-0.4, -0.2) is 37.7 Å². The molecule has 170 valence electrons. The second kappa shape index (κ2) is 8.27. The highest BCUT2D eigenvalue weighted by Crippen LogP contribution is 2.33. The van der Waals surface area contributed by atoms with Gasteiger partial charge in [-0.1, -0.05) is 29.8 Å². The number of carbonyl (C=O) groups excluding carboxylic acids is 1.